The Kier molecular flexibility index (Phi) is 9.02. The first kappa shape index (κ1) is 24.2. The number of benzene rings is 1. The van der Waals surface area contributed by atoms with Gasteiger partial charge in [0.15, 0.2) is 0 Å². The SMILES string of the molecule is Cc1ccc(OCC(O)CNC(c2cccs2)C2CCCC2)c(C(C)(C)C)c1.Cl. The Morgan fingerprint density at radius 1 is 1.21 bits per heavy atom. The number of ether oxygens (including phenoxy) is 1. The van der Waals surface area contributed by atoms with Crippen molar-refractivity contribution in [3.8, 4) is 5.75 Å². The summed E-state index contributed by atoms with van der Waals surface area (Å²) in [4.78, 5) is 1.38. The summed E-state index contributed by atoms with van der Waals surface area (Å²) in [6, 6.07) is 11.0. The molecule has 2 unspecified atom stereocenters. The van der Waals surface area contributed by atoms with Crippen molar-refractivity contribution in [1.82, 2.24) is 5.32 Å². The molecule has 2 atom stereocenters. The molecular formula is C24H36ClNO2S. The average molecular weight is 438 g/mol. The largest absolute Gasteiger partial charge is 0.491 e. The van der Waals surface area contributed by atoms with Gasteiger partial charge >= 0.3 is 0 Å². The van der Waals surface area contributed by atoms with Crippen LogP contribution in [-0.2, 0) is 5.41 Å². The van der Waals surface area contributed by atoms with Crippen LogP contribution in [0.1, 0.15) is 68.5 Å². The van der Waals surface area contributed by atoms with Crippen LogP contribution in [-0.4, -0.2) is 24.4 Å². The summed E-state index contributed by atoms with van der Waals surface area (Å²) in [5, 5.41) is 16.3. The lowest BCUT2D eigenvalue weighted by molar-refractivity contribution is 0.0999. The second-order valence-corrected chi connectivity index (χ2v) is 10.1. The van der Waals surface area contributed by atoms with Crippen LogP contribution in [0.25, 0.3) is 0 Å². The highest BCUT2D eigenvalue weighted by Crippen LogP contribution is 2.37. The van der Waals surface area contributed by atoms with Gasteiger partial charge in [0.05, 0.1) is 0 Å². The molecule has 3 nitrogen and oxygen atoms in total. The Morgan fingerprint density at radius 3 is 2.55 bits per heavy atom. The summed E-state index contributed by atoms with van der Waals surface area (Å²) in [5.41, 5.74) is 2.43. The molecule has 1 saturated carbocycles. The van der Waals surface area contributed by atoms with Gasteiger partial charge in [-0.05, 0) is 54.2 Å². The molecule has 1 aromatic carbocycles. The number of hydrogen-bond donors (Lipinski definition) is 2. The van der Waals surface area contributed by atoms with Crippen LogP contribution in [0.4, 0.5) is 0 Å². The van der Waals surface area contributed by atoms with Crippen LogP contribution in [0.15, 0.2) is 35.7 Å². The first-order valence-corrected chi connectivity index (χ1v) is 11.4. The molecule has 1 aliphatic carbocycles. The van der Waals surface area contributed by atoms with E-state index in [9.17, 15) is 5.11 Å². The predicted molar refractivity (Wildman–Crippen MR) is 126 cm³/mol. The second-order valence-electron chi connectivity index (χ2n) is 9.16. The van der Waals surface area contributed by atoms with Gasteiger partial charge in [-0.2, -0.15) is 0 Å². The fourth-order valence-electron chi connectivity index (χ4n) is 4.12. The summed E-state index contributed by atoms with van der Waals surface area (Å²) < 4.78 is 6.04. The summed E-state index contributed by atoms with van der Waals surface area (Å²) in [5.74, 6) is 1.55. The van der Waals surface area contributed by atoms with Gasteiger partial charge < -0.3 is 15.2 Å². The smallest absolute Gasteiger partial charge is 0.123 e. The lowest BCUT2D eigenvalue weighted by atomic mass is 9.85. The third-order valence-electron chi connectivity index (χ3n) is 5.67. The zero-order valence-electron chi connectivity index (χ0n) is 18.1. The molecule has 0 aliphatic heterocycles. The van der Waals surface area contributed by atoms with Crippen LogP contribution in [0.2, 0.25) is 0 Å². The highest BCUT2D eigenvalue weighted by molar-refractivity contribution is 7.10. The quantitative estimate of drug-likeness (QED) is 0.529. The van der Waals surface area contributed by atoms with Crippen LogP contribution in [0.5, 0.6) is 5.75 Å². The molecule has 2 N–H and O–H groups in total. The molecule has 1 heterocycles. The summed E-state index contributed by atoms with van der Waals surface area (Å²) >= 11 is 1.81. The van der Waals surface area contributed by atoms with Crippen LogP contribution in [0.3, 0.4) is 0 Å². The minimum atomic E-state index is -0.530. The van der Waals surface area contributed by atoms with Gasteiger partial charge in [-0.15, -0.1) is 23.7 Å². The van der Waals surface area contributed by atoms with Crippen molar-refractivity contribution in [2.45, 2.75) is 70.9 Å². The molecule has 1 fully saturated rings. The van der Waals surface area contributed by atoms with E-state index in [1.54, 1.807) is 0 Å². The van der Waals surface area contributed by atoms with Gasteiger partial charge in [-0.25, -0.2) is 0 Å². The first-order chi connectivity index (χ1) is 13.3. The van der Waals surface area contributed by atoms with E-state index < -0.39 is 6.10 Å². The van der Waals surface area contributed by atoms with E-state index in [0.717, 1.165) is 5.75 Å². The number of nitrogens with one attached hydrogen (secondary N) is 1. The van der Waals surface area contributed by atoms with Crippen molar-refractivity contribution in [2.75, 3.05) is 13.2 Å². The molecule has 5 heteroatoms. The zero-order chi connectivity index (χ0) is 20.1. The molecular weight excluding hydrogens is 402 g/mol. The van der Waals surface area contributed by atoms with Gasteiger partial charge in [-0.1, -0.05) is 57.4 Å². The topological polar surface area (TPSA) is 41.5 Å². The summed E-state index contributed by atoms with van der Waals surface area (Å²) in [6.07, 6.45) is 4.67. The molecule has 2 aromatic rings. The van der Waals surface area contributed by atoms with E-state index >= 15 is 0 Å². The van der Waals surface area contributed by atoms with E-state index in [1.165, 1.54) is 41.7 Å². The van der Waals surface area contributed by atoms with Crippen molar-refractivity contribution >= 4 is 23.7 Å². The van der Waals surface area contributed by atoms with Gasteiger partial charge in [0.25, 0.3) is 0 Å². The number of aryl methyl sites for hydroxylation is 1. The van der Waals surface area contributed by atoms with Crippen molar-refractivity contribution < 1.29 is 9.84 Å². The number of thiophene rings is 1. The van der Waals surface area contributed by atoms with Crippen LogP contribution in [0, 0.1) is 12.8 Å². The first-order valence-electron chi connectivity index (χ1n) is 10.5. The Morgan fingerprint density at radius 2 is 1.93 bits per heavy atom. The maximum absolute atomic E-state index is 10.6. The van der Waals surface area contributed by atoms with E-state index in [1.807, 2.05) is 17.4 Å². The molecule has 0 bridgehead atoms. The summed E-state index contributed by atoms with van der Waals surface area (Å²) in [7, 11) is 0. The average Bonchev–Trinajstić information content (AvgIpc) is 3.34. The fourth-order valence-corrected chi connectivity index (χ4v) is 5.02. The van der Waals surface area contributed by atoms with Gasteiger partial charge in [0.2, 0.25) is 0 Å². The van der Waals surface area contributed by atoms with E-state index in [4.69, 9.17) is 4.74 Å². The van der Waals surface area contributed by atoms with Crippen molar-refractivity contribution in [2.24, 2.45) is 5.92 Å². The molecule has 29 heavy (non-hydrogen) atoms. The minimum absolute atomic E-state index is 0. The molecule has 1 aliphatic rings. The van der Waals surface area contributed by atoms with Crippen LogP contribution < -0.4 is 10.1 Å². The molecule has 3 rings (SSSR count). The highest BCUT2D eigenvalue weighted by atomic mass is 35.5. The van der Waals surface area contributed by atoms with Crippen LogP contribution >= 0.6 is 23.7 Å². The van der Waals surface area contributed by atoms with Crippen molar-refractivity contribution in [3.63, 3.8) is 0 Å². The lowest BCUT2D eigenvalue weighted by Gasteiger charge is -2.26. The highest BCUT2D eigenvalue weighted by Gasteiger charge is 2.27. The lowest BCUT2D eigenvalue weighted by Crippen LogP contribution is -2.36. The Hall–Kier alpha value is -1.07. The number of hydrogen-bond acceptors (Lipinski definition) is 4. The number of halogens is 1. The molecule has 1 aromatic heterocycles. The van der Waals surface area contributed by atoms with Crippen molar-refractivity contribution in [1.29, 1.82) is 0 Å². The molecule has 162 valence electrons. The third kappa shape index (κ3) is 6.71. The third-order valence-corrected chi connectivity index (χ3v) is 6.62. The fraction of sp³-hybridized carbons (Fsp3) is 0.583. The van der Waals surface area contributed by atoms with E-state index in [2.05, 4.69) is 62.7 Å². The molecule has 0 saturated heterocycles. The van der Waals surface area contributed by atoms with Gasteiger partial charge in [0, 0.05) is 17.5 Å². The minimum Gasteiger partial charge on any atom is -0.491 e. The van der Waals surface area contributed by atoms with E-state index in [-0.39, 0.29) is 17.8 Å². The molecule has 0 spiro atoms. The molecule has 0 amide bonds. The maximum Gasteiger partial charge on any atom is 0.123 e. The number of rotatable bonds is 8. The van der Waals surface area contributed by atoms with Crippen molar-refractivity contribution in [3.05, 3.63) is 51.7 Å². The predicted octanol–water partition coefficient (Wildman–Crippen LogP) is 6.04. The van der Waals surface area contributed by atoms with Gasteiger partial charge in [0.1, 0.15) is 18.5 Å². The Labute approximate surface area is 186 Å². The zero-order valence-corrected chi connectivity index (χ0v) is 19.7. The number of aliphatic hydroxyl groups is 1. The Bertz CT molecular complexity index is 736. The normalized spacial score (nSPS) is 17.0. The maximum atomic E-state index is 10.6. The number of aliphatic hydroxyl groups excluding tert-OH is 1. The Balaban J connectivity index is 0.00000300. The summed E-state index contributed by atoms with van der Waals surface area (Å²) in [6.45, 7) is 9.54. The molecule has 0 radical (unpaired) electrons. The van der Waals surface area contributed by atoms with Gasteiger partial charge in [-0.3, -0.25) is 0 Å². The standard InChI is InChI=1S/C24H35NO2S.ClH/c1-17-11-12-21(20(14-17)24(2,3)4)27-16-19(26)15-25-23(18-8-5-6-9-18)22-10-7-13-28-22;/h7,10-14,18-19,23,25-26H,5-6,8-9,15-16H2,1-4H3;1H. The monoisotopic (exact) mass is 437 g/mol. The second kappa shape index (κ2) is 10.8. The van der Waals surface area contributed by atoms with E-state index in [0.29, 0.717) is 25.1 Å².